The van der Waals surface area contributed by atoms with Gasteiger partial charge in [-0.3, -0.25) is 0 Å². The third-order valence-electron chi connectivity index (χ3n) is 1.57. The van der Waals surface area contributed by atoms with Crippen molar-refractivity contribution in [2.75, 3.05) is 0 Å². The molecular weight excluding hydrogens is 225 g/mol. The molecule has 0 spiro atoms. The maximum Gasteiger partial charge on any atom is 0.451 e. The summed E-state index contributed by atoms with van der Waals surface area (Å²) in [5.41, 5.74) is -4.92. The van der Waals surface area contributed by atoms with Gasteiger partial charge in [0.2, 0.25) is 5.60 Å². The van der Waals surface area contributed by atoms with Gasteiger partial charge in [-0.1, -0.05) is 0 Å². The van der Waals surface area contributed by atoms with E-state index in [9.17, 15) is 30.7 Å². The second-order valence-corrected chi connectivity index (χ2v) is 2.69. The van der Waals surface area contributed by atoms with Crippen molar-refractivity contribution in [3.63, 3.8) is 0 Å². The molecule has 0 saturated heterocycles. The van der Waals surface area contributed by atoms with Crippen molar-refractivity contribution in [1.82, 2.24) is 0 Å². The van der Waals surface area contributed by atoms with Crippen molar-refractivity contribution < 1.29 is 40.9 Å². The summed E-state index contributed by atoms with van der Waals surface area (Å²) in [6, 6.07) is 0. The van der Waals surface area contributed by atoms with Gasteiger partial charge in [-0.2, -0.15) is 30.7 Å². The molecule has 0 aromatic rings. The van der Waals surface area contributed by atoms with Gasteiger partial charge < -0.3 is 10.2 Å². The Bertz CT molecular complexity index is 189. The predicted molar refractivity (Wildman–Crippen MR) is 28.8 cm³/mol. The quantitative estimate of drug-likeness (QED) is 0.670. The third kappa shape index (κ3) is 1.78. The van der Waals surface area contributed by atoms with E-state index in [4.69, 9.17) is 10.2 Å². The lowest BCUT2D eigenvalue weighted by atomic mass is 9.95. The van der Waals surface area contributed by atoms with E-state index in [1.165, 1.54) is 0 Å². The Morgan fingerprint density at radius 3 is 1.07 bits per heavy atom. The fourth-order valence-corrected chi connectivity index (χ4v) is 0.464. The zero-order chi connectivity index (χ0) is 12.0. The minimum atomic E-state index is -6.24. The summed E-state index contributed by atoms with van der Waals surface area (Å²) in [6.07, 6.45) is -12.2. The number of halogens is 7. The number of aliphatic hydroxyl groups is 2. The monoisotopic (exact) mass is 230 g/mol. The van der Waals surface area contributed by atoms with Gasteiger partial charge in [0, 0.05) is 0 Å². The molecule has 2 atom stereocenters. The lowest BCUT2D eigenvalue weighted by Gasteiger charge is -2.36. The van der Waals surface area contributed by atoms with Crippen LogP contribution in [-0.2, 0) is 0 Å². The SMILES string of the molecule is CC(O)(C(F)(F)F)C(O)(F)C(F)(F)F. The highest BCUT2D eigenvalue weighted by Crippen LogP contribution is 2.47. The van der Waals surface area contributed by atoms with Gasteiger partial charge in [0.05, 0.1) is 0 Å². The van der Waals surface area contributed by atoms with Crippen molar-refractivity contribution in [3.8, 4) is 0 Å². The molecule has 86 valence electrons. The predicted octanol–water partition coefficient (Wildman–Crippen LogP) is 1.52. The first-order valence-corrected chi connectivity index (χ1v) is 3.02. The normalized spacial score (nSPS) is 22.7. The largest absolute Gasteiger partial charge is 0.451 e. The standard InChI is InChI=1S/C5H5F7O2/c1-2(13,4(7,8)9)3(6,14)5(10,11)12/h13-14H,1H3. The van der Waals surface area contributed by atoms with Crippen LogP contribution in [0.2, 0.25) is 0 Å². The molecule has 0 amide bonds. The van der Waals surface area contributed by atoms with Gasteiger partial charge in [0.25, 0.3) is 0 Å². The maximum absolute atomic E-state index is 12.3. The fourth-order valence-electron chi connectivity index (χ4n) is 0.464. The molecule has 0 aliphatic rings. The Labute approximate surface area is 72.9 Å². The van der Waals surface area contributed by atoms with Crippen LogP contribution in [0, 0.1) is 0 Å². The summed E-state index contributed by atoms with van der Waals surface area (Å²) in [7, 11) is 0. The van der Waals surface area contributed by atoms with Gasteiger partial charge in [0.15, 0.2) is 0 Å². The summed E-state index contributed by atoms with van der Waals surface area (Å²) < 4.78 is 82.2. The Kier molecular flexibility index (Phi) is 2.84. The molecule has 0 aromatic heterocycles. The third-order valence-corrected chi connectivity index (χ3v) is 1.57. The highest BCUT2D eigenvalue weighted by atomic mass is 19.4. The fraction of sp³-hybridized carbons (Fsp3) is 1.00. The Morgan fingerprint density at radius 1 is 0.714 bits per heavy atom. The van der Waals surface area contributed by atoms with Crippen molar-refractivity contribution >= 4 is 0 Å². The summed E-state index contributed by atoms with van der Waals surface area (Å²) in [5.74, 6) is -5.75. The first-order chi connectivity index (χ1) is 5.75. The molecule has 0 heterocycles. The van der Waals surface area contributed by atoms with Gasteiger partial charge in [-0.15, -0.1) is 0 Å². The Morgan fingerprint density at radius 2 is 1.00 bits per heavy atom. The first-order valence-electron chi connectivity index (χ1n) is 3.02. The van der Waals surface area contributed by atoms with E-state index >= 15 is 0 Å². The first kappa shape index (κ1) is 13.4. The molecule has 0 bridgehead atoms. The van der Waals surface area contributed by atoms with E-state index in [0.29, 0.717) is 0 Å². The van der Waals surface area contributed by atoms with Crippen LogP contribution in [0.15, 0.2) is 0 Å². The van der Waals surface area contributed by atoms with E-state index in [-0.39, 0.29) is 0 Å². The van der Waals surface area contributed by atoms with Crippen LogP contribution < -0.4 is 0 Å². The van der Waals surface area contributed by atoms with Gasteiger partial charge in [0.1, 0.15) is 0 Å². The van der Waals surface area contributed by atoms with E-state index < -0.39 is 30.7 Å². The minimum absolute atomic E-state index is 0.513. The van der Waals surface area contributed by atoms with Crippen molar-refractivity contribution in [3.05, 3.63) is 0 Å². The lowest BCUT2D eigenvalue weighted by molar-refractivity contribution is -0.420. The summed E-state index contributed by atoms with van der Waals surface area (Å²) >= 11 is 0. The molecule has 2 nitrogen and oxygen atoms in total. The van der Waals surface area contributed by atoms with Crippen LogP contribution in [0.1, 0.15) is 6.92 Å². The van der Waals surface area contributed by atoms with Crippen LogP contribution in [0.25, 0.3) is 0 Å². The van der Waals surface area contributed by atoms with Gasteiger partial charge in [-0.05, 0) is 6.92 Å². The van der Waals surface area contributed by atoms with Crippen LogP contribution in [0.5, 0.6) is 0 Å². The molecule has 9 heteroatoms. The molecule has 0 fully saturated rings. The summed E-state index contributed by atoms with van der Waals surface area (Å²) in [6.45, 7) is -0.513. The Balaban J connectivity index is 5.30. The molecule has 2 N–H and O–H groups in total. The number of rotatable bonds is 1. The van der Waals surface area contributed by atoms with E-state index in [2.05, 4.69) is 0 Å². The minimum Gasteiger partial charge on any atom is -0.376 e. The molecule has 0 radical (unpaired) electrons. The van der Waals surface area contributed by atoms with E-state index in [1.54, 1.807) is 0 Å². The molecule has 14 heavy (non-hydrogen) atoms. The van der Waals surface area contributed by atoms with Crippen LogP contribution in [0.3, 0.4) is 0 Å². The zero-order valence-electron chi connectivity index (χ0n) is 6.54. The van der Waals surface area contributed by atoms with Crippen LogP contribution >= 0.6 is 0 Å². The van der Waals surface area contributed by atoms with Crippen molar-refractivity contribution in [2.45, 2.75) is 30.7 Å². The Hall–Kier alpha value is -0.570. The molecule has 0 rings (SSSR count). The van der Waals surface area contributed by atoms with E-state index in [0.717, 1.165) is 0 Å². The van der Waals surface area contributed by atoms with Gasteiger partial charge in [-0.25, -0.2) is 0 Å². The molecule has 2 unspecified atom stereocenters. The van der Waals surface area contributed by atoms with E-state index in [1.807, 2.05) is 0 Å². The molecule has 0 saturated carbocycles. The molecule has 0 aliphatic carbocycles. The van der Waals surface area contributed by atoms with Crippen LogP contribution in [-0.4, -0.2) is 34.0 Å². The van der Waals surface area contributed by atoms with Crippen molar-refractivity contribution in [1.29, 1.82) is 0 Å². The average molecular weight is 230 g/mol. The second-order valence-electron chi connectivity index (χ2n) is 2.69. The smallest absolute Gasteiger partial charge is 0.376 e. The average Bonchev–Trinajstić information content (AvgIpc) is 1.81. The summed E-state index contributed by atoms with van der Waals surface area (Å²) in [5, 5.41) is 16.2. The highest BCUT2D eigenvalue weighted by molar-refractivity contribution is 4.99. The number of alkyl halides is 7. The molecule has 0 aliphatic heterocycles. The number of hydrogen-bond acceptors (Lipinski definition) is 2. The van der Waals surface area contributed by atoms with Crippen LogP contribution in [0.4, 0.5) is 30.7 Å². The highest BCUT2D eigenvalue weighted by Gasteiger charge is 2.75. The lowest BCUT2D eigenvalue weighted by Crippen LogP contribution is -2.65. The summed E-state index contributed by atoms with van der Waals surface area (Å²) in [4.78, 5) is 0. The molecule has 0 aromatic carbocycles. The zero-order valence-corrected chi connectivity index (χ0v) is 6.54. The van der Waals surface area contributed by atoms with Crippen molar-refractivity contribution in [2.24, 2.45) is 0 Å². The second kappa shape index (κ2) is 2.96. The topological polar surface area (TPSA) is 40.5 Å². The van der Waals surface area contributed by atoms with Gasteiger partial charge >= 0.3 is 18.2 Å². The number of hydrogen-bond donors (Lipinski definition) is 2. The molecular formula is C5H5F7O2. The maximum atomic E-state index is 12.3.